The Morgan fingerprint density at radius 2 is 2.26 bits per heavy atom. The van der Waals surface area contributed by atoms with E-state index in [1.54, 1.807) is 12.1 Å². The first-order valence-electron chi connectivity index (χ1n) is 6.26. The number of nitrogens with zero attached hydrogens (tertiary/aromatic N) is 2. The number of nitro groups is 1. The van der Waals surface area contributed by atoms with Gasteiger partial charge in [-0.3, -0.25) is 10.1 Å². The molecule has 0 heterocycles. The van der Waals surface area contributed by atoms with Gasteiger partial charge < -0.3 is 14.7 Å². The highest BCUT2D eigenvalue weighted by molar-refractivity contribution is 5.37. The summed E-state index contributed by atoms with van der Waals surface area (Å²) >= 11 is 0. The number of rotatable bonds is 8. The molecular formula is C13H20N2O4. The molecule has 6 heteroatoms. The summed E-state index contributed by atoms with van der Waals surface area (Å²) in [4.78, 5) is 12.1. The third-order valence-electron chi connectivity index (χ3n) is 2.60. The molecule has 0 radical (unpaired) electrons. The topological polar surface area (TPSA) is 75.8 Å². The van der Waals surface area contributed by atoms with Crippen molar-refractivity contribution in [1.82, 2.24) is 4.90 Å². The molecule has 0 saturated heterocycles. The number of non-ortho nitro benzene ring substituents is 1. The summed E-state index contributed by atoms with van der Waals surface area (Å²) < 4.78 is 5.36. The molecule has 1 rings (SSSR count). The molecule has 1 aromatic carbocycles. The van der Waals surface area contributed by atoms with Crippen molar-refractivity contribution in [3.8, 4) is 5.75 Å². The van der Waals surface area contributed by atoms with Crippen LogP contribution < -0.4 is 4.74 Å². The molecule has 0 amide bonds. The first kappa shape index (κ1) is 15.4. The first-order chi connectivity index (χ1) is 9.02. The van der Waals surface area contributed by atoms with Gasteiger partial charge in [-0.05, 0) is 26.1 Å². The molecule has 0 aliphatic carbocycles. The SMILES string of the molecule is CCCN(C)CC(O)COc1cccc([N+](=O)[O-])c1. The van der Waals surface area contributed by atoms with Crippen molar-refractivity contribution in [3.05, 3.63) is 34.4 Å². The van der Waals surface area contributed by atoms with Crippen LogP contribution >= 0.6 is 0 Å². The van der Waals surface area contributed by atoms with Gasteiger partial charge in [-0.2, -0.15) is 0 Å². The maximum Gasteiger partial charge on any atom is 0.273 e. The van der Waals surface area contributed by atoms with Crippen molar-refractivity contribution >= 4 is 5.69 Å². The van der Waals surface area contributed by atoms with Gasteiger partial charge in [-0.1, -0.05) is 13.0 Å². The summed E-state index contributed by atoms with van der Waals surface area (Å²) in [6.07, 6.45) is 0.408. The quantitative estimate of drug-likeness (QED) is 0.573. The number of hydrogen-bond acceptors (Lipinski definition) is 5. The van der Waals surface area contributed by atoms with Gasteiger partial charge in [-0.15, -0.1) is 0 Å². The molecule has 0 aliphatic rings. The maximum absolute atomic E-state index is 10.6. The van der Waals surface area contributed by atoms with E-state index >= 15 is 0 Å². The number of aliphatic hydroxyl groups is 1. The Bertz CT molecular complexity index is 411. The van der Waals surface area contributed by atoms with E-state index in [4.69, 9.17) is 4.74 Å². The van der Waals surface area contributed by atoms with E-state index in [9.17, 15) is 15.2 Å². The van der Waals surface area contributed by atoms with E-state index in [2.05, 4.69) is 6.92 Å². The summed E-state index contributed by atoms with van der Waals surface area (Å²) in [5.41, 5.74) is -0.0184. The van der Waals surface area contributed by atoms with Crippen molar-refractivity contribution in [3.63, 3.8) is 0 Å². The van der Waals surface area contributed by atoms with Crippen LogP contribution in [0.15, 0.2) is 24.3 Å². The molecule has 1 aromatic rings. The van der Waals surface area contributed by atoms with Crippen LogP contribution in [0, 0.1) is 10.1 Å². The summed E-state index contributed by atoms with van der Waals surface area (Å²) in [5.74, 6) is 0.395. The van der Waals surface area contributed by atoms with E-state index in [-0.39, 0.29) is 12.3 Å². The third-order valence-corrected chi connectivity index (χ3v) is 2.60. The Morgan fingerprint density at radius 1 is 1.53 bits per heavy atom. The minimum absolute atomic E-state index is 0.0184. The highest BCUT2D eigenvalue weighted by Gasteiger charge is 2.10. The molecule has 106 valence electrons. The van der Waals surface area contributed by atoms with Gasteiger partial charge in [0.15, 0.2) is 0 Å². The Hall–Kier alpha value is -1.66. The average molecular weight is 268 g/mol. The number of hydrogen-bond donors (Lipinski definition) is 1. The van der Waals surface area contributed by atoms with Crippen molar-refractivity contribution in [2.75, 3.05) is 26.7 Å². The normalized spacial score (nSPS) is 12.4. The molecule has 0 saturated carbocycles. The molecule has 0 spiro atoms. The van der Waals surface area contributed by atoms with Crippen molar-refractivity contribution in [1.29, 1.82) is 0 Å². The Kier molecular flexibility index (Phi) is 6.24. The number of nitro benzene ring substituents is 1. The number of benzene rings is 1. The van der Waals surface area contributed by atoms with Crippen LogP contribution in [0.2, 0.25) is 0 Å². The molecule has 6 nitrogen and oxygen atoms in total. The standard InChI is InChI=1S/C13H20N2O4/c1-3-7-14(2)9-12(16)10-19-13-6-4-5-11(8-13)15(17)18/h4-6,8,12,16H,3,7,9-10H2,1-2H3. The maximum atomic E-state index is 10.6. The summed E-state index contributed by atoms with van der Waals surface area (Å²) in [5, 5.41) is 20.4. The fourth-order valence-electron chi connectivity index (χ4n) is 1.76. The first-order valence-corrected chi connectivity index (χ1v) is 6.26. The summed E-state index contributed by atoms with van der Waals surface area (Å²) in [6.45, 7) is 3.62. The fourth-order valence-corrected chi connectivity index (χ4v) is 1.76. The van der Waals surface area contributed by atoms with Crippen LogP contribution in [-0.2, 0) is 0 Å². The summed E-state index contributed by atoms with van der Waals surface area (Å²) in [7, 11) is 1.93. The van der Waals surface area contributed by atoms with Crippen LogP contribution in [0.5, 0.6) is 5.75 Å². The second kappa shape index (κ2) is 7.70. The Labute approximate surface area is 112 Å². The summed E-state index contributed by atoms with van der Waals surface area (Å²) in [6, 6.07) is 5.94. The van der Waals surface area contributed by atoms with Gasteiger partial charge in [0.25, 0.3) is 5.69 Å². The molecular weight excluding hydrogens is 248 g/mol. The molecule has 1 N–H and O–H groups in total. The second-order valence-electron chi connectivity index (χ2n) is 4.48. The predicted molar refractivity (Wildman–Crippen MR) is 72.4 cm³/mol. The predicted octanol–water partition coefficient (Wildman–Crippen LogP) is 1.68. The lowest BCUT2D eigenvalue weighted by atomic mass is 10.3. The number of aliphatic hydroxyl groups excluding tert-OH is 1. The van der Waals surface area contributed by atoms with Gasteiger partial charge in [0.1, 0.15) is 18.5 Å². The van der Waals surface area contributed by atoms with E-state index in [0.717, 1.165) is 13.0 Å². The molecule has 0 aliphatic heterocycles. The molecule has 0 aromatic heterocycles. The van der Waals surface area contributed by atoms with Gasteiger partial charge in [0.2, 0.25) is 0 Å². The zero-order valence-corrected chi connectivity index (χ0v) is 11.3. The highest BCUT2D eigenvalue weighted by Crippen LogP contribution is 2.19. The zero-order valence-electron chi connectivity index (χ0n) is 11.3. The third kappa shape index (κ3) is 5.67. The number of ether oxygens (including phenoxy) is 1. The monoisotopic (exact) mass is 268 g/mol. The minimum atomic E-state index is -0.615. The minimum Gasteiger partial charge on any atom is -0.491 e. The Balaban J connectivity index is 2.43. The van der Waals surface area contributed by atoms with Gasteiger partial charge >= 0.3 is 0 Å². The Morgan fingerprint density at radius 3 is 2.89 bits per heavy atom. The van der Waals surface area contributed by atoms with Crippen molar-refractivity contribution in [2.24, 2.45) is 0 Å². The fraction of sp³-hybridized carbons (Fsp3) is 0.538. The van der Waals surface area contributed by atoms with Crippen LogP contribution in [0.25, 0.3) is 0 Å². The van der Waals surface area contributed by atoms with Crippen molar-refractivity contribution in [2.45, 2.75) is 19.4 Å². The van der Waals surface area contributed by atoms with Crippen molar-refractivity contribution < 1.29 is 14.8 Å². The van der Waals surface area contributed by atoms with Crippen LogP contribution in [0.1, 0.15) is 13.3 Å². The molecule has 0 fully saturated rings. The van der Waals surface area contributed by atoms with Crippen LogP contribution in [0.3, 0.4) is 0 Å². The van der Waals surface area contributed by atoms with E-state index in [1.165, 1.54) is 12.1 Å². The number of likely N-dealkylation sites (N-methyl/N-ethyl adjacent to an activating group) is 1. The molecule has 1 atom stereocenters. The lowest BCUT2D eigenvalue weighted by molar-refractivity contribution is -0.384. The zero-order chi connectivity index (χ0) is 14.3. The van der Waals surface area contributed by atoms with E-state index in [1.807, 2.05) is 11.9 Å². The average Bonchev–Trinajstić information content (AvgIpc) is 2.37. The van der Waals surface area contributed by atoms with Crippen LogP contribution in [0.4, 0.5) is 5.69 Å². The lowest BCUT2D eigenvalue weighted by Gasteiger charge is -2.19. The largest absolute Gasteiger partial charge is 0.491 e. The molecule has 19 heavy (non-hydrogen) atoms. The lowest BCUT2D eigenvalue weighted by Crippen LogP contribution is -2.33. The van der Waals surface area contributed by atoms with Gasteiger partial charge in [0, 0.05) is 12.6 Å². The van der Waals surface area contributed by atoms with E-state index in [0.29, 0.717) is 12.3 Å². The highest BCUT2D eigenvalue weighted by atomic mass is 16.6. The smallest absolute Gasteiger partial charge is 0.273 e. The van der Waals surface area contributed by atoms with Gasteiger partial charge in [0.05, 0.1) is 11.0 Å². The molecule has 1 unspecified atom stereocenters. The van der Waals surface area contributed by atoms with Gasteiger partial charge in [-0.25, -0.2) is 0 Å². The second-order valence-corrected chi connectivity index (χ2v) is 4.48. The molecule has 0 bridgehead atoms. The van der Waals surface area contributed by atoms with Crippen LogP contribution in [-0.4, -0.2) is 47.8 Å². The van der Waals surface area contributed by atoms with E-state index < -0.39 is 11.0 Å².